The molecular formula is C30H37N5O3. The van der Waals surface area contributed by atoms with Crippen molar-refractivity contribution < 1.29 is 14.3 Å². The number of amides is 2. The van der Waals surface area contributed by atoms with Crippen LogP contribution in [0.1, 0.15) is 47.4 Å². The van der Waals surface area contributed by atoms with Crippen LogP contribution in [-0.2, 0) is 11.3 Å². The maximum absolute atomic E-state index is 13.7. The first-order valence-corrected chi connectivity index (χ1v) is 13.2. The normalized spacial score (nSPS) is 15.1. The highest BCUT2D eigenvalue weighted by Crippen LogP contribution is 2.29. The summed E-state index contributed by atoms with van der Waals surface area (Å²) in [4.78, 5) is 41.8. The highest BCUT2D eigenvalue weighted by atomic mass is 16.5. The van der Waals surface area contributed by atoms with Crippen LogP contribution in [0, 0.1) is 13.8 Å². The van der Waals surface area contributed by atoms with Crippen molar-refractivity contribution in [1.29, 1.82) is 0 Å². The fraction of sp³-hybridized carbons (Fsp3) is 0.400. The van der Waals surface area contributed by atoms with Gasteiger partial charge in [0.25, 0.3) is 11.8 Å². The van der Waals surface area contributed by atoms with Gasteiger partial charge in [0.1, 0.15) is 12.1 Å². The van der Waals surface area contributed by atoms with Crippen LogP contribution in [0.5, 0.6) is 5.75 Å². The zero-order valence-corrected chi connectivity index (χ0v) is 22.8. The van der Waals surface area contributed by atoms with Crippen molar-refractivity contribution in [3.05, 3.63) is 83.4 Å². The van der Waals surface area contributed by atoms with Gasteiger partial charge >= 0.3 is 0 Å². The first-order chi connectivity index (χ1) is 18.3. The quantitative estimate of drug-likeness (QED) is 0.505. The van der Waals surface area contributed by atoms with Gasteiger partial charge in [0.2, 0.25) is 0 Å². The summed E-state index contributed by atoms with van der Waals surface area (Å²) in [6.07, 6.45) is 3.85. The molecule has 200 valence electrons. The van der Waals surface area contributed by atoms with Gasteiger partial charge in [-0.15, -0.1) is 0 Å². The summed E-state index contributed by atoms with van der Waals surface area (Å²) < 4.78 is 5.84. The summed E-state index contributed by atoms with van der Waals surface area (Å²) in [5.74, 6) is 0.445. The van der Waals surface area contributed by atoms with Crippen molar-refractivity contribution in [3.63, 3.8) is 0 Å². The number of fused-ring (bicyclic) bond motifs is 1. The molecule has 8 nitrogen and oxygen atoms in total. The van der Waals surface area contributed by atoms with E-state index < -0.39 is 0 Å². The van der Waals surface area contributed by atoms with Crippen molar-refractivity contribution in [2.24, 2.45) is 0 Å². The molecule has 1 aromatic heterocycles. The first kappa shape index (κ1) is 27.3. The Labute approximate surface area is 225 Å². The number of aryl methyl sites for hydroxylation is 2. The standard InChI is InChI=1S/C30H37N5O3/c1-22(2)33-14-9-15-35(28(36)20-38-26-12-6-5-7-13-26)29-23(3)10-8-11-25(29)19-34(17-16-33)30(37)27-18-31-21-32-24(27)4/h5-8,10-13,18,21-22H,9,14-17,19-20H2,1-4H3. The number of hydrogen-bond donors (Lipinski definition) is 0. The predicted molar refractivity (Wildman–Crippen MR) is 148 cm³/mol. The summed E-state index contributed by atoms with van der Waals surface area (Å²) in [5, 5.41) is 0. The van der Waals surface area contributed by atoms with Gasteiger partial charge in [0.15, 0.2) is 6.61 Å². The number of nitrogens with zero attached hydrogens (tertiary/aromatic N) is 5. The zero-order valence-electron chi connectivity index (χ0n) is 22.8. The molecule has 0 spiro atoms. The number of carbonyl (C=O) groups excluding carboxylic acids is 2. The van der Waals surface area contributed by atoms with E-state index in [0.29, 0.717) is 42.7 Å². The minimum atomic E-state index is -0.108. The molecule has 0 saturated heterocycles. The van der Waals surface area contributed by atoms with Crippen LogP contribution in [0.25, 0.3) is 0 Å². The van der Waals surface area contributed by atoms with Gasteiger partial charge < -0.3 is 14.5 Å². The molecule has 4 rings (SSSR count). The molecule has 38 heavy (non-hydrogen) atoms. The highest BCUT2D eigenvalue weighted by molar-refractivity contribution is 5.97. The van der Waals surface area contributed by atoms with E-state index in [0.717, 1.165) is 36.3 Å². The van der Waals surface area contributed by atoms with E-state index >= 15 is 0 Å². The van der Waals surface area contributed by atoms with Crippen molar-refractivity contribution in [2.75, 3.05) is 37.7 Å². The van der Waals surface area contributed by atoms with E-state index in [9.17, 15) is 9.59 Å². The second-order valence-electron chi connectivity index (χ2n) is 9.96. The van der Waals surface area contributed by atoms with Gasteiger partial charge in [-0.3, -0.25) is 14.5 Å². The molecule has 0 unspecified atom stereocenters. The number of hydrogen-bond acceptors (Lipinski definition) is 6. The Morgan fingerprint density at radius 3 is 2.50 bits per heavy atom. The lowest BCUT2D eigenvalue weighted by molar-refractivity contribution is -0.120. The maximum Gasteiger partial charge on any atom is 0.264 e. The van der Waals surface area contributed by atoms with Crippen LogP contribution < -0.4 is 9.64 Å². The Morgan fingerprint density at radius 2 is 1.76 bits per heavy atom. The van der Waals surface area contributed by atoms with Gasteiger partial charge in [0.05, 0.1) is 16.9 Å². The smallest absolute Gasteiger partial charge is 0.264 e. The number of rotatable bonds is 5. The average molecular weight is 516 g/mol. The van der Waals surface area contributed by atoms with Crippen LogP contribution in [0.15, 0.2) is 61.1 Å². The number of ether oxygens (including phenoxy) is 1. The molecule has 2 aromatic carbocycles. The molecule has 0 N–H and O–H groups in total. The molecule has 0 atom stereocenters. The van der Waals surface area contributed by atoms with Crippen molar-refractivity contribution in [2.45, 2.75) is 46.7 Å². The third-order valence-electron chi connectivity index (χ3n) is 7.00. The lowest BCUT2D eigenvalue weighted by Crippen LogP contribution is -2.41. The van der Waals surface area contributed by atoms with Crippen LogP contribution in [-0.4, -0.2) is 70.4 Å². The topological polar surface area (TPSA) is 78.9 Å². The summed E-state index contributed by atoms with van der Waals surface area (Å²) >= 11 is 0. The van der Waals surface area contributed by atoms with E-state index in [1.165, 1.54) is 6.33 Å². The van der Waals surface area contributed by atoms with Gasteiger partial charge in [-0.05, 0) is 57.4 Å². The molecule has 0 aliphatic carbocycles. The SMILES string of the molecule is Cc1cccc2c1N(C(=O)COc1ccccc1)CCCN(C(C)C)CCN(C(=O)c1cncnc1C)C2. The second kappa shape index (κ2) is 12.6. The van der Waals surface area contributed by atoms with E-state index in [-0.39, 0.29) is 18.4 Å². The Morgan fingerprint density at radius 1 is 0.974 bits per heavy atom. The first-order valence-electron chi connectivity index (χ1n) is 13.2. The summed E-state index contributed by atoms with van der Waals surface area (Å²) in [6.45, 7) is 11.2. The fourth-order valence-corrected chi connectivity index (χ4v) is 4.87. The molecule has 3 aromatic rings. The summed E-state index contributed by atoms with van der Waals surface area (Å²) in [6, 6.07) is 15.7. The van der Waals surface area contributed by atoms with Gasteiger partial charge in [0, 0.05) is 45.0 Å². The van der Waals surface area contributed by atoms with E-state index in [4.69, 9.17) is 4.74 Å². The Kier molecular flexibility index (Phi) is 9.07. The lowest BCUT2D eigenvalue weighted by atomic mass is 10.0. The minimum absolute atomic E-state index is 0.0606. The molecule has 0 bridgehead atoms. The van der Waals surface area contributed by atoms with Crippen LogP contribution in [0.3, 0.4) is 0 Å². The van der Waals surface area contributed by atoms with Crippen molar-refractivity contribution in [3.8, 4) is 5.75 Å². The lowest BCUT2D eigenvalue weighted by Gasteiger charge is -2.30. The average Bonchev–Trinajstić information content (AvgIpc) is 2.95. The third kappa shape index (κ3) is 6.55. The number of benzene rings is 2. The van der Waals surface area contributed by atoms with Gasteiger partial charge in [-0.1, -0.05) is 36.4 Å². The molecule has 1 aliphatic rings. The second-order valence-corrected chi connectivity index (χ2v) is 9.96. The summed E-state index contributed by atoms with van der Waals surface area (Å²) in [5.41, 5.74) is 3.92. The largest absolute Gasteiger partial charge is 0.484 e. The van der Waals surface area contributed by atoms with E-state index in [1.54, 1.807) is 6.20 Å². The Bertz CT molecular complexity index is 1250. The van der Waals surface area contributed by atoms with Crippen molar-refractivity contribution in [1.82, 2.24) is 19.8 Å². The van der Waals surface area contributed by atoms with Gasteiger partial charge in [-0.2, -0.15) is 0 Å². The highest BCUT2D eigenvalue weighted by Gasteiger charge is 2.27. The molecule has 0 radical (unpaired) electrons. The molecule has 2 amide bonds. The van der Waals surface area contributed by atoms with Crippen LogP contribution in [0.4, 0.5) is 5.69 Å². The fourth-order valence-electron chi connectivity index (χ4n) is 4.87. The molecular weight excluding hydrogens is 478 g/mol. The minimum Gasteiger partial charge on any atom is -0.484 e. The molecule has 1 aliphatic heterocycles. The summed E-state index contributed by atoms with van der Waals surface area (Å²) in [7, 11) is 0. The monoisotopic (exact) mass is 515 g/mol. The maximum atomic E-state index is 13.7. The number of carbonyl (C=O) groups is 2. The van der Waals surface area contributed by atoms with Crippen LogP contribution in [0.2, 0.25) is 0 Å². The molecule has 0 saturated carbocycles. The predicted octanol–water partition coefficient (Wildman–Crippen LogP) is 4.26. The molecule has 2 heterocycles. The molecule has 0 fully saturated rings. The zero-order chi connectivity index (χ0) is 27.1. The van der Waals surface area contributed by atoms with Crippen molar-refractivity contribution >= 4 is 17.5 Å². The Balaban J connectivity index is 1.69. The van der Waals surface area contributed by atoms with Crippen LogP contribution >= 0.6 is 0 Å². The Hall–Kier alpha value is -3.78. The number of aromatic nitrogens is 2. The number of anilines is 1. The van der Waals surface area contributed by atoms with E-state index in [1.807, 2.05) is 72.2 Å². The molecule has 8 heteroatoms. The number of para-hydroxylation sites is 2. The van der Waals surface area contributed by atoms with E-state index in [2.05, 4.69) is 28.7 Å². The third-order valence-corrected chi connectivity index (χ3v) is 7.00. The van der Waals surface area contributed by atoms with Gasteiger partial charge in [-0.25, -0.2) is 9.97 Å².